The fourth-order valence-electron chi connectivity index (χ4n) is 4.46. The summed E-state index contributed by atoms with van der Waals surface area (Å²) in [6.07, 6.45) is 2.06. The van der Waals surface area contributed by atoms with E-state index in [1.807, 2.05) is 12.1 Å². The molecule has 4 nitrogen and oxygen atoms in total. The maximum atomic E-state index is 9.90. The summed E-state index contributed by atoms with van der Waals surface area (Å²) < 4.78 is 0. The zero-order chi connectivity index (χ0) is 19.6. The van der Waals surface area contributed by atoms with Gasteiger partial charge in [-0.15, -0.1) is 0 Å². The maximum absolute atomic E-state index is 9.90. The van der Waals surface area contributed by atoms with Crippen LogP contribution >= 0.6 is 0 Å². The minimum Gasteiger partial charge on any atom is -0.508 e. The SMILES string of the molecule is Oc1ccc2[nH]cc(N3CCN(C(c4ccccc4)c4ccccc4)CC3)c2c1. The molecule has 2 N–H and O–H groups in total. The van der Waals surface area contributed by atoms with Gasteiger partial charge in [-0.2, -0.15) is 0 Å². The lowest BCUT2D eigenvalue weighted by Crippen LogP contribution is -2.47. The van der Waals surface area contributed by atoms with Crippen LogP contribution in [-0.2, 0) is 0 Å². The van der Waals surface area contributed by atoms with Crippen molar-refractivity contribution in [1.29, 1.82) is 0 Å². The van der Waals surface area contributed by atoms with Crippen molar-refractivity contribution in [1.82, 2.24) is 9.88 Å². The second kappa shape index (κ2) is 7.64. The minimum absolute atomic E-state index is 0.270. The average Bonchev–Trinajstić information content (AvgIpc) is 3.19. The average molecular weight is 383 g/mol. The molecule has 1 aliphatic rings. The molecule has 0 unspecified atom stereocenters. The number of fused-ring (bicyclic) bond motifs is 1. The minimum atomic E-state index is 0.270. The number of aromatic nitrogens is 1. The molecule has 0 saturated carbocycles. The lowest BCUT2D eigenvalue weighted by atomic mass is 9.96. The first-order chi connectivity index (χ1) is 14.3. The number of rotatable bonds is 4. The van der Waals surface area contributed by atoms with Crippen molar-refractivity contribution >= 4 is 16.6 Å². The first kappa shape index (κ1) is 17.8. The topological polar surface area (TPSA) is 42.5 Å². The first-order valence-electron chi connectivity index (χ1n) is 10.2. The van der Waals surface area contributed by atoms with E-state index < -0.39 is 0 Å². The van der Waals surface area contributed by atoms with Crippen LogP contribution in [0.4, 0.5) is 5.69 Å². The van der Waals surface area contributed by atoms with Gasteiger partial charge in [-0.25, -0.2) is 0 Å². The van der Waals surface area contributed by atoms with E-state index >= 15 is 0 Å². The molecule has 146 valence electrons. The Morgan fingerprint density at radius 2 is 1.38 bits per heavy atom. The molecule has 5 rings (SSSR count). The number of nitrogens with one attached hydrogen (secondary N) is 1. The molecule has 0 radical (unpaired) electrons. The molecule has 4 heteroatoms. The van der Waals surface area contributed by atoms with Crippen molar-refractivity contribution in [3.8, 4) is 5.75 Å². The Balaban J connectivity index is 1.40. The highest BCUT2D eigenvalue weighted by molar-refractivity contribution is 5.93. The van der Waals surface area contributed by atoms with E-state index in [0.29, 0.717) is 5.75 Å². The Morgan fingerprint density at radius 1 is 0.759 bits per heavy atom. The Kier molecular flexibility index (Phi) is 4.70. The van der Waals surface area contributed by atoms with Gasteiger partial charge in [0.05, 0.1) is 11.7 Å². The highest BCUT2D eigenvalue weighted by Gasteiger charge is 2.27. The Morgan fingerprint density at radius 3 is 2.00 bits per heavy atom. The van der Waals surface area contributed by atoms with Crippen LogP contribution in [-0.4, -0.2) is 41.2 Å². The summed E-state index contributed by atoms with van der Waals surface area (Å²) in [6.45, 7) is 3.89. The van der Waals surface area contributed by atoms with Gasteiger partial charge in [0, 0.05) is 43.3 Å². The van der Waals surface area contributed by atoms with Crippen molar-refractivity contribution in [2.75, 3.05) is 31.1 Å². The van der Waals surface area contributed by atoms with Crippen molar-refractivity contribution < 1.29 is 5.11 Å². The van der Waals surface area contributed by atoms with Crippen LogP contribution in [0.25, 0.3) is 10.9 Å². The third-order valence-electron chi connectivity index (χ3n) is 5.89. The van der Waals surface area contributed by atoms with Crippen LogP contribution in [0.15, 0.2) is 85.1 Å². The molecule has 0 amide bonds. The highest BCUT2D eigenvalue weighted by Crippen LogP contribution is 2.33. The highest BCUT2D eigenvalue weighted by atomic mass is 16.3. The molecule has 4 aromatic rings. The molecule has 0 bridgehead atoms. The maximum Gasteiger partial charge on any atom is 0.116 e. The second-order valence-electron chi connectivity index (χ2n) is 7.65. The number of hydrogen-bond donors (Lipinski definition) is 2. The summed E-state index contributed by atoms with van der Waals surface area (Å²) in [7, 11) is 0. The molecule has 1 aromatic heterocycles. The van der Waals surface area contributed by atoms with Crippen LogP contribution in [0.2, 0.25) is 0 Å². The Bertz CT molecular complexity index is 1040. The van der Waals surface area contributed by atoms with Crippen LogP contribution in [0.3, 0.4) is 0 Å². The zero-order valence-electron chi connectivity index (χ0n) is 16.3. The van der Waals surface area contributed by atoms with Gasteiger partial charge in [0.2, 0.25) is 0 Å². The Hall–Kier alpha value is -3.24. The molecule has 0 atom stereocenters. The third kappa shape index (κ3) is 3.47. The number of piperazine rings is 1. The molecule has 29 heavy (non-hydrogen) atoms. The van der Waals surface area contributed by atoms with E-state index in [0.717, 1.165) is 37.1 Å². The van der Waals surface area contributed by atoms with Gasteiger partial charge < -0.3 is 15.0 Å². The molecular weight excluding hydrogens is 358 g/mol. The van der Waals surface area contributed by atoms with Gasteiger partial charge in [-0.05, 0) is 29.3 Å². The van der Waals surface area contributed by atoms with Gasteiger partial charge in [0.15, 0.2) is 0 Å². The second-order valence-corrected chi connectivity index (χ2v) is 7.65. The standard InChI is InChI=1S/C25H25N3O/c29-21-11-12-23-22(17-21)24(18-26-23)27-13-15-28(16-14-27)25(19-7-3-1-4-8-19)20-9-5-2-6-10-20/h1-12,17-18,25-26,29H,13-16H2. The van der Waals surface area contributed by atoms with E-state index in [-0.39, 0.29) is 6.04 Å². The summed E-state index contributed by atoms with van der Waals surface area (Å²) in [4.78, 5) is 8.33. The molecule has 1 fully saturated rings. The zero-order valence-corrected chi connectivity index (χ0v) is 16.3. The van der Waals surface area contributed by atoms with E-state index in [2.05, 4.69) is 81.6 Å². The number of phenolic OH excluding ortho intramolecular Hbond substituents is 1. The number of aromatic hydroxyl groups is 1. The lowest BCUT2D eigenvalue weighted by Gasteiger charge is -2.40. The summed E-state index contributed by atoms with van der Waals surface area (Å²) in [5, 5.41) is 11.0. The number of aromatic amines is 1. The number of anilines is 1. The van der Waals surface area contributed by atoms with Crippen LogP contribution < -0.4 is 4.90 Å². The number of nitrogens with zero attached hydrogens (tertiary/aromatic N) is 2. The van der Waals surface area contributed by atoms with E-state index in [1.54, 1.807) is 6.07 Å². The molecule has 1 aliphatic heterocycles. The molecule has 0 aliphatic carbocycles. The normalized spacial score (nSPS) is 15.3. The predicted octanol–water partition coefficient (Wildman–Crippen LogP) is 4.79. The van der Waals surface area contributed by atoms with Crippen LogP contribution in [0, 0.1) is 0 Å². The molecule has 3 aromatic carbocycles. The quantitative estimate of drug-likeness (QED) is 0.533. The third-order valence-corrected chi connectivity index (χ3v) is 5.89. The van der Waals surface area contributed by atoms with E-state index in [9.17, 15) is 5.11 Å². The number of benzene rings is 3. The van der Waals surface area contributed by atoms with E-state index in [4.69, 9.17) is 0 Å². The predicted molar refractivity (Wildman–Crippen MR) is 118 cm³/mol. The van der Waals surface area contributed by atoms with Gasteiger partial charge in [-0.1, -0.05) is 60.7 Å². The smallest absolute Gasteiger partial charge is 0.116 e. The van der Waals surface area contributed by atoms with Gasteiger partial charge in [0.25, 0.3) is 0 Å². The summed E-state index contributed by atoms with van der Waals surface area (Å²) >= 11 is 0. The molecule has 1 saturated heterocycles. The summed E-state index contributed by atoms with van der Waals surface area (Å²) in [6, 6.07) is 27.4. The van der Waals surface area contributed by atoms with Crippen LogP contribution in [0.1, 0.15) is 17.2 Å². The number of H-pyrrole nitrogens is 1. The van der Waals surface area contributed by atoms with Gasteiger partial charge in [0.1, 0.15) is 5.75 Å². The van der Waals surface area contributed by atoms with Crippen molar-refractivity contribution in [2.24, 2.45) is 0 Å². The molecule has 2 heterocycles. The number of hydrogen-bond acceptors (Lipinski definition) is 3. The lowest BCUT2D eigenvalue weighted by molar-refractivity contribution is 0.212. The van der Waals surface area contributed by atoms with E-state index in [1.165, 1.54) is 16.8 Å². The fraction of sp³-hybridized carbons (Fsp3) is 0.200. The monoisotopic (exact) mass is 383 g/mol. The van der Waals surface area contributed by atoms with Gasteiger partial charge in [-0.3, -0.25) is 4.90 Å². The number of phenols is 1. The molecular formula is C25H25N3O. The summed E-state index contributed by atoms with van der Waals surface area (Å²) in [5.41, 5.74) is 4.91. The Labute approximate surface area is 171 Å². The van der Waals surface area contributed by atoms with Gasteiger partial charge >= 0.3 is 0 Å². The van der Waals surface area contributed by atoms with Crippen molar-refractivity contribution in [2.45, 2.75) is 6.04 Å². The van der Waals surface area contributed by atoms with Crippen molar-refractivity contribution in [3.63, 3.8) is 0 Å². The fourth-order valence-corrected chi connectivity index (χ4v) is 4.46. The van der Waals surface area contributed by atoms with Crippen LogP contribution in [0.5, 0.6) is 5.75 Å². The first-order valence-corrected chi connectivity index (χ1v) is 10.2. The summed E-state index contributed by atoms with van der Waals surface area (Å²) in [5.74, 6) is 0.310. The van der Waals surface area contributed by atoms with Crippen molar-refractivity contribution in [3.05, 3.63) is 96.2 Å². The largest absolute Gasteiger partial charge is 0.508 e. The molecule has 0 spiro atoms.